The number of nitrogens with one attached hydrogen (secondary N) is 1. The second-order valence-corrected chi connectivity index (χ2v) is 5.19. The first kappa shape index (κ1) is 12.7. The molecule has 15 heavy (non-hydrogen) atoms. The lowest BCUT2D eigenvalue weighted by Crippen LogP contribution is -2.41. The average Bonchev–Trinajstić information content (AvgIpc) is 2.17. The summed E-state index contributed by atoms with van der Waals surface area (Å²) in [6.45, 7) is 15.4. The summed E-state index contributed by atoms with van der Waals surface area (Å²) in [7, 11) is 0. The van der Waals surface area contributed by atoms with Crippen molar-refractivity contribution >= 4 is 0 Å². The molecule has 0 saturated carbocycles. The van der Waals surface area contributed by atoms with Gasteiger partial charge in [0.2, 0.25) is 0 Å². The van der Waals surface area contributed by atoms with Gasteiger partial charge in [0.25, 0.3) is 0 Å². The molecule has 1 heterocycles. The van der Waals surface area contributed by atoms with Crippen LogP contribution in [0.4, 0.5) is 0 Å². The molecule has 0 bridgehead atoms. The summed E-state index contributed by atoms with van der Waals surface area (Å²) >= 11 is 0. The Labute approximate surface area is 94.7 Å². The molecule has 0 radical (unpaired) electrons. The standard InChI is InChI=1S/C13H26N2/c1-11(2)9-15(12(3)4)10-13-6-5-7-14-8-13/h12-14H,1,5-10H2,2-4H3. The molecule has 1 aliphatic heterocycles. The Balaban J connectivity index is 2.38. The van der Waals surface area contributed by atoms with Gasteiger partial charge in [0.05, 0.1) is 0 Å². The van der Waals surface area contributed by atoms with Gasteiger partial charge in [0.1, 0.15) is 0 Å². The monoisotopic (exact) mass is 210 g/mol. The summed E-state index contributed by atoms with van der Waals surface area (Å²) < 4.78 is 0. The molecular weight excluding hydrogens is 184 g/mol. The Morgan fingerprint density at radius 3 is 2.73 bits per heavy atom. The third kappa shape index (κ3) is 4.80. The fraction of sp³-hybridized carbons (Fsp3) is 0.846. The first-order chi connectivity index (χ1) is 7.09. The van der Waals surface area contributed by atoms with E-state index in [2.05, 4.69) is 37.6 Å². The van der Waals surface area contributed by atoms with E-state index in [0.717, 1.165) is 12.5 Å². The van der Waals surface area contributed by atoms with Crippen molar-refractivity contribution in [3.63, 3.8) is 0 Å². The minimum Gasteiger partial charge on any atom is -0.316 e. The minimum absolute atomic E-state index is 0.628. The first-order valence-corrected chi connectivity index (χ1v) is 6.18. The molecule has 0 aromatic rings. The maximum atomic E-state index is 4.01. The van der Waals surface area contributed by atoms with Gasteiger partial charge in [0.15, 0.2) is 0 Å². The topological polar surface area (TPSA) is 15.3 Å². The van der Waals surface area contributed by atoms with Crippen molar-refractivity contribution in [2.45, 2.75) is 39.7 Å². The molecule has 0 aliphatic carbocycles. The fourth-order valence-corrected chi connectivity index (χ4v) is 2.22. The predicted molar refractivity (Wildman–Crippen MR) is 67.1 cm³/mol. The fourth-order valence-electron chi connectivity index (χ4n) is 2.22. The summed E-state index contributed by atoms with van der Waals surface area (Å²) in [5.41, 5.74) is 1.27. The van der Waals surface area contributed by atoms with E-state index in [1.807, 2.05) is 0 Å². The van der Waals surface area contributed by atoms with Crippen molar-refractivity contribution < 1.29 is 0 Å². The average molecular weight is 210 g/mol. The molecule has 1 unspecified atom stereocenters. The van der Waals surface area contributed by atoms with Crippen molar-refractivity contribution in [3.05, 3.63) is 12.2 Å². The van der Waals surface area contributed by atoms with E-state index in [1.54, 1.807) is 0 Å². The normalized spacial score (nSPS) is 22.3. The van der Waals surface area contributed by atoms with Crippen LogP contribution in [0.1, 0.15) is 33.6 Å². The molecule has 0 aromatic heterocycles. The Bertz CT molecular complexity index is 193. The van der Waals surface area contributed by atoms with Gasteiger partial charge in [-0.2, -0.15) is 0 Å². The second-order valence-electron chi connectivity index (χ2n) is 5.19. The van der Waals surface area contributed by atoms with Crippen LogP contribution in [0.2, 0.25) is 0 Å². The zero-order valence-corrected chi connectivity index (χ0v) is 10.6. The van der Waals surface area contributed by atoms with Crippen LogP contribution in [0.15, 0.2) is 12.2 Å². The van der Waals surface area contributed by atoms with Gasteiger partial charge in [0, 0.05) is 19.1 Å². The lowest BCUT2D eigenvalue weighted by atomic mass is 9.98. The van der Waals surface area contributed by atoms with Gasteiger partial charge in [-0.05, 0) is 52.6 Å². The number of piperidine rings is 1. The molecule has 88 valence electrons. The third-order valence-electron chi connectivity index (χ3n) is 3.09. The Morgan fingerprint density at radius 2 is 2.27 bits per heavy atom. The van der Waals surface area contributed by atoms with Gasteiger partial charge in [-0.3, -0.25) is 4.90 Å². The molecular formula is C13H26N2. The van der Waals surface area contributed by atoms with Gasteiger partial charge < -0.3 is 5.32 Å². The molecule has 1 rings (SSSR count). The predicted octanol–water partition coefficient (Wildman–Crippen LogP) is 2.27. The summed E-state index contributed by atoms with van der Waals surface area (Å²) in [6, 6.07) is 0.628. The molecule has 0 spiro atoms. The van der Waals surface area contributed by atoms with Crippen molar-refractivity contribution in [2.24, 2.45) is 5.92 Å². The van der Waals surface area contributed by atoms with E-state index >= 15 is 0 Å². The molecule has 1 N–H and O–H groups in total. The van der Waals surface area contributed by atoms with Gasteiger partial charge >= 0.3 is 0 Å². The highest BCUT2D eigenvalue weighted by Crippen LogP contribution is 2.14. The van der Waals surface area contributed by atoms with Crippen molar-refractivity contribution in [1.82, 2.24) is 10.2 Å². The summed E-state index contributed by atoms with van der Waals surface area (Å²) in [5, 5.41) is 3.48. The van der Waals surface area contributed by atoms with Crippen molar-refractivity contribution in [2.75, 3.05) is 26.2 Å². The van der Waals surface area contributed by atoms with Crippen LogP contribution in [0.25, 0.3) is 0 Å². The molecule has 1 atom stereocenters. The van der Waals surface area contributed by atoms with E-state index in [0.29, 0.717) is 6.04 Å². The van der Waals surface area contributed by atoms with E-state index in [9.17, 15) is 0 Å². The molecule has 0 amide bonds. The minimum atomic E-state index is 0.628. The van der Waals surface area contributed by atoms with Crippen LogP contribution < -0.4 is 5.32 Å². The zero-order chi connectivity index (χ0) is 11.3. The van der Waals surface area contributed by atoms with E-state index in [-0.39, 0.29) is 0 Å². The largest absolute Gasteiger partial charge is 0.316 e. The van der Waals surface area contributed by atoms with Gasteiger partial charge in [-0.25, -0.2) is 0 Å². The van der Waals surface area contributed by atoms with Crippen LogP contribution in [-0.4, -0.2) is 37.1 Å². The Hall–Kier alpha value is -0.340. The van der Waals surface area contributed by atoms with Crippen molar-refractivity contribution in [1.29, 1.82) is 0 Å². The summed E-state index contributed by atoms with van der Waals surface area (Å²) in [4.78, 5) is 2.54. The highest BCUT2D eigenvalue weighted by Gasteiger charge is 2.18. The van der Waals surface area contributed by atoms with Crippen molar-refractivity contribution in [3.8, 4) is 0 Å². The molecule has 2 nitrogen and oxygen atoms in total. The zero-order valence-electron chi connectivity index (χ0n) is 10.6. The molecule has 0 aromatic carbocycles. The van der Waals surface area contributed by atoms with Crippen LogP contribution in [-0.2, 0) is 0 Å². The summed E-state index contributed by atoms with van der Waals surface area (Å²) in [6.07, 6.45) is 2.72. The smallest absolute Gasteiger partial charge is 0.0190 e. The summed E-state index contributed by atoms with van der Waals surface area (Å²) in [5.74, 6) is 0.834. The Kier molecular flexibility index (Phi) is 5.34. The molecule has 1 fully saturated rings. The van der Waals surface area contributed by atoms with Crippen LogP contribution >= 0.6 is 0 Å². The molecule has 2 heteroatoms. The quantitative estimate of drug-likeness (QED) is 0.700. The number of nitrogens with zero attached hydrogens (tertiary/aromatic N) is 1. The van der Waals surface area contributed by atoms with E-state index in [4.69, 9.17) is 0 Å². The van der Waals surface area contributed by atoms with Crippen LogP contribution in [0.3, 0.4) is 0 Å². The lowest BCUT2D eigenvalue weighted by molar-refractivity contribution is 0.185. The van der Waals surface area contributed by atoms with E-state index in [1.165, 1.54) is 38.0 Å². The first-order valence-electron chi connectivity index (χ1n) is 6.18. The molecule has 1 saturated heterocycles. The SMILES string of the molecule is C=C(C)CN(CC1CCCNC1)C(C)C. The van der Waals surface area contributed by atoms with Crippen LogP contribution in [0.5, 0.6) is 0 Å². The second kappa shape index (κ2) is 6.29. The third-order valence-corrected chi connectivity index (χ3v) is 3.09. The number of hydrogen-bond donors (Lipinski definition) is 1. The number of rotatable bonds is 5. The Morgan fingerprint density at radius 1 is 1.53 bits per heavy atom. The van der Waals surface area contributed by atoms with Gasteiger partial charge in [-0.1, -0.05) is 12.2 Å². The highest BCUT2D eigenvalue weighted by molar-refractivity contribution is 4.93. The van der Waals surface area contributed by atoms with Crippen LogP contribution in [0, 0.1) is 5.92 Å². The lowest BCUT2D eigenvalue weighted by Gasteiger charge is -2.32. The number of hydrogen-bond acceptors (Lipinski definition) is 2. The maximum absolute atomic E-state index is 4.01. The van der Waals surface area contributed by atoms with E-state index < -0.39 is 0 Å². The molecule has 1 aliphatic rings. The maximum Gasteiger partial charge on any atom is 0.0190 e. The highest BCUT2D eigenvalue weighted by atomic mass is 15.1. The van der Waals surface area contributed by atoms with Gasteiger partial charge in [-0.15, -0.1) is 0 Å².